The molecule has 7 fully saturated rings. The number of ether oxygens (including phenoxy) is 8. The number of allylic oxidation sites excluding steroid dienone is 3. The first-order valence-electron chi connectivity index (χ1n) is 28.3. The fraction of sp³-hybridized carbons (Fsp3) is 0.842. The Balaban J connectivity index is 1.15. The van der Waals surface area contributed by atoms with E-state index in [2.05, 4.69) is 19.9 Å². The molecule has 24 heteroatoms. The molecule has 27 atom stereocenters. The van der Waals surface area contributed by atoms with Gasteiger partial charge in [-0.3, -0.25) is 0 Å². The molecule has 4 saturated carbocycles. The second-order valence-electron chi connectivity index (χ2n) is 25.9. The molecule has 24 nitrogen and oxygen atoms in total. The van der Waals surface area contributed by atoms with Crippen LogP contribution < -0.4 is 0 Å². The lowest BCUT2D eigenvalue weighted by Crippen LogP contribution is -2.76. The molecule has 3 heterocycles. The summed E-state index contributed by atoms with van der Waals surface area (Å²) >= 11 is 0. The number of aliphatic hydroxyl groups excluding tert-OH is 12. The number of esters is 2. The molecule has 8 aliphatic rings. The third kappa shape index (κ3) is 9.98. The van der Waals surface area contributed by atoms with E-state index >= 15 is 0 Å². The first-order valence-corrected chi connectivity index (χ1v) is 28.3. The number of hydrogen-bond donors (Lipinski definition) is 13. The largest absolute Gasteiger partial charge is 0.479 e. The molecule has 11 unspecified atom stereocenters. The highest BCUT2D eigenvalue weighted by Gasteiger charge is 2.77. The lowest BCUT2D eigenvalue weighted by molar-refractivity contribution is -0.387. The van der Waals surface area contributed by atoms with E-state index in [0.717, 1.165) is 5.57 Å². The van der Waals surface area contributed by atoms with Crippen molar-refractivity contribution in [1.82, 2.24) is 0 Å². The van der Waals surface area contributed by atoms with E-state index in [4.69, 9.17) is 37.9 Å². The zero-order valence-corrected chi connectivity index (χ0v) is 47.8. The minimum Gasteiger partial charge on any atom is -0.479 e. The van der Waals surface area contributed by atoms with Crippen molar-refractivity contribution in [3.05, 3.63) is 34.9 Å². The maximum Gasteiger partial charge on any atom is 0.335 e. The standard InChI is InChI=1S/C57H88O24/c1-11-24(3)47(72)80-44-45(81-48(73)25(4)12-2)57(23-61)27(19-52(44,5)6)26-13-14-31-53(7)17-16-32(54(8,22-60)30(53)15-18-55(31,9)56(26,10)42(68)43(57)69)76-51-41(79-50-37(66)35(64)33(62)28(20-58)74-50)39(38(67)40(78-51)46(70)71)77-49-36(65)34(63)29(21-59)75-49/h11-13,27-45,49-51,58-69H,14-23H2,1-10H3,(H,70,71)/t27?,28?,29?,30?,31?,32-,33+,34?,35+,36?,37?,38-,39+,40?,41?,42-,43+,44-,45-,49?,50-,51+,53-,54+,55+,56-,57-/m0/s1. The van der Waals surface area contributed by atoms with Gasteiger partial charge in [-0.15, -0.1) is 0 Å². The lowest BCUT2D eigenvalue weighted by Gasteiger charge is -2.73. The van der Waals surface area contributed by atoms with Gasteiger partial charge < -0.3 is 104 Å². The van der Waals surface area contributed by atoms with Crippen LogP contribution in [0.3, 0.4) is 0 Å². The second-order valence-corrected chi connectivity index (χ2v) is 25.9. The highest BCUT2D eigenvalue weighted by molar-refractivity contribution is 5.89. The van der Waals surface area contributed by atoms with Crippen molar-refractivity contribution in [3.63, 3.8) is 0 Å². The van der Waals surface area contributed by atoms with E-state index in [1.807, 2.05) is 27.7 Å². The van der Waals surface area contributed by atoms with E-state index in [1.54, 1.807) is 39.8 Å². The molecule has 0 aromatic carbocycles. The number of carbonyl (C=O) groups is 3. The Kier molecular flexibility index (Phi) is 18.4. The van der Waals surface area contributed by atoms with Crippen LogP contribution in [-0.4, -0.2) is 227 Å². The van der Waals surface area contributed by atoms with Gasteiger partial charge in [0.2, 0.25) is 0 Å². The van der Waals surface area contributed by atoms with Gasteiger partial charge >= 0.3 is 17.9 Å². The summed E-state index contributed by atoms with van der Waals surface area (Å²) in [5.74, 6) is -4.48. The first-order chi connectivity index (χ1) is 37.9. The Morgan fingerprint density at radius 3 is 1.70 bits per heavy atom. The fourth-order valence-corrected chi connectivity index (χ4v) is 16.2. The lowest BCUT2D eigenvalue weighted by atomic mass is 9.32. The Labute approximate surface area is 471 Å². The number of carbonyl (C=O) groups excluding carboxylic acids is 2. The zero-order chi connectivity index (χ0) is 60.0. The van der Waals surface area contributed by atoms with Gasteiger partial charge in [0, 0.05) is 27.4 Å². The number of aliphatic hydroxyl groups is 12. The van der Waals surface area contributed by atoms with Gasteiger partial charge in [0.25, 0.3) is 0 Å². The van der Waals surface area contributed by atoms with Crippen LogP contribution in [0, 0.1) is 50.2 Å². The zero-order valence-electron chi connectivity index (χ0n) is 47.8. The van der Waals surface area contributed by atoms with Crippen molar-refractivity contribution in [2.75, 3.05) is 26.4 Å². The summed E-state index contributed by atoms with van der Waals surface area (Å²) in [6.45, 7) is 15.3. The van der Waals surface area contributed by atoms with Crippen molar-refractivity contribution in [2.24, 2.45) is 50.2 Å². The Morgan fingerprint density at radius 1 is 0.630 bits per heavy atom. The summed E-state index contributed by atoms with van der Waals surface area (Å²) < 4.78 is 48.8. The molecule has 5 aliphatic carbocycles. The van der Waals surface area contributed by atoms with Crippen LogP contribution in [0.2, 0.25) is 0 Å². The highest BCUT2D eigenvalue weighted by atomic mass is 16.8. The molecule has 3 saturated heterocycles. The van der Waals surface area contributed by atoms with Crippen LogP contribution in [0.25, 0.3) is 0 Å². The number of aliphatic carboxylic acids is 1. The summed E-state index contributed by atoms with van der Waals surface area (Å²) in [6.07, 6.45) is -25.7. The van der Waals surface area contributed by atoms with Gasteiger partial charge in [0.15, 0.2) is 31.1 Å². The van der Waals surface area contributed by atoms with E-state index in [0.29, 0.717) is 31.3 Å². The number of rotatable bonds is 15. The number of carboxylic acid groups (broad SMARTS) is 1. The molecule has 81 heavy (non-hydrogen) atoms. The maximum absolute atomic E-state index is 13.9. The van der Waals surface area contributed by atoms with Gasteiger partial charge in [-0.1, -0.05) is 65.3 Å². The van der Waals surface area contributed by atoms with Crippen LogP contribution in [0.5, 0.6) is 0 Å². The molecule has 0 aromatic rings. The van der Waals surface area contributed by atoms with Crippen LogP contribution in [0.4, 0.5) is 0 Å². The summed E-state index contributed by atoms with van der Waals surface area (Å²) in [5.41, 5.74) is -5.25. The van der Waals surface area contributed by atoms with Crippen molar-refractivity contribution < 1.29 is 119 Å². The molecule has 0 radical (unpaired) electrons. The summed E-state index contributed by atoms with van der Waals surface area (Å²) in [7, 11) is 0. The average Bonchev–Trinajstić information content (AvgIpc) is 1.99. The van der Waals surface area contributed by atoms with E-state index in [9.17, 15) is 80.8 Å². The highest BCUT2D eigenvalue weighted by Crippen LogP contribution is 2.76. The third-order valence-electron chi connectivity index (χ3n) is 21.5. The van der Waals surface area contributed by atoms with Crippen LogP contribution in [0.15, 0.2) is 34.9 Å². The summed E-state index contributed by atoms with van der Waals surface area (Å²) in [4.78, 5) is 40.4. The molecule has 460 valence electrons. The Hall–Kier alpha value is -3.09. The minimum atomic E-state index is -2.18. The smallest absolute Gasteiger partial charge is 0.335 e. The van der Waals surface area contributed by atoms with Crippen molar-refractivity contribution in [3.8, 4) is 0 Å². The van der Waals surface area contributed by atoms with Crippen LogP contribution in [0.1, 0.15) is 108 Å². The molecule has 3 aliphatic heterocycles. The monoisotopic (exact) mass is 1160 g/mol. The second kappa shape index (κ2) is 23.3. The van der Waals surface area contributed by atoms with Crippen LogP contribution >= 0.6 is 0 Å². The Morgan fingerprint density at radius 2 is 1.17 bits per heavy atom. The minimum absolute atomic E-state index is 0.165. The average molecular weight is 1160 g/mol. The van der Waals surface area contributed by atoms with E-state index < -0.39 is 205 Å². The van der Waals surface area contributed by atoms with E-state index in [-0.39, 0.29) is 24.3 Å². The van der Waals surface area contributed by atoms with Crippen molar-refractivity contribution in [1.29, 1.82) is 0 Å². The SMILES string of the molecule is CC=C(C)C(=O)O[C@H]1[C@H](OC(=O)C(C)=CC)[C@@]2(CO)C(CC1(C)C)C1=CCC3[C@@]4(C)CC[C@H](O[C@@H]5OC(C(=O)O)[C@@H](O)[C@@H](OC6OC(CO)C(O)C6O)C5O[C@@H]5OC(CO)[C@@H](O)[C@@H](O)C5O)[C@](C)(CO)C4CC[C@@]3(C)[C@]1(C)[C@@H](O)[C@H]2O. The predicted molar refractivity (Wildman–Crippen MR) is 278 cm³/mol. The van der Waals surface area contributed by atoms with E-state index in [1.165, 1.54) is 0 Å². The molecular formula is C57H88O24. The van der Waals surface area contributed by atoms with Crippen LogP contribution in [-0.2, 0) is 52.3 Å². The molecule has 0 bridgehead atoms. The molecule has 0 amide bonds. The summed E-state index contributed by atoms with van der Waals surface area (Å²) in [6, 6.07) is 0. The molecule has 13 N–H and O–H groups in total. The maximum atomic E-state index is 13.9. The fourth-order valence-electron chi connectivity index (χ4n) is 16.2. The first kappa shape index (κ1) is 63.9. The van der Waals surface area contributed by atoms with Gasteiger partial charge in [-0.2, -0.15) is 0 Å². The molecule has 0 spiro atoms. The normalized spacial score (nSPS) is 49.8. The van der Waals surface area contributed by atoms with Gasteiger partial charge in [-0.05, 0) is 94.8 Å². The quantitative estimate of drug-likeness (QED) is 0.0415. The molecular weight excluding hydrogens is 1070 g/mol. The van der Waals surface area contributed by atoms with Gasteiger partial charge in [0.1, 0.15) is 67.1 Å². The molecule has 8 rings (SSSR count). The number of hydrogen-bond acceptors (Lipinski definition) is 23. The molecule has 0 aromatic heterocycles. The third-order valence-corrected chi connectivity index (χ3v) is 21.5. The topological polar surface area (TPSA) is 388 Å². The summed E-state index contributed by atoms with van der Waals surface area (Å²) in [5, 5.41) is 146. The van der Waals surface area contributed by atoms with Crippen molar-refractivity contribution >= 4 is 17.9 Å². The van der Waals surface area contributed by atoms with Gasteiger partial charge in [-0.25, -0.2) is 14.4 Å². The van der Waals surface area contributed by atoms with Gasteiger partial charge in [0.05, 0.1) is 50.2 Å². The number of carboxylic acids is 1. The van der Waals surface area contributed by atoms with Crippen molar-refractivity contribution in [2.45, 2.75) is 224 Å². The Bertz CT molecular complexity index is 2410. The number of fused-ring (bicyclic) bond motifs is 7. The predicted octanol–water partition coefficient (Wildman–Crippen LogP) is -0.765.